The molecule has 2 N–H and O–H groups in total. The lowest BCUT2D eigenvalue weighted by Crippen LogP contribution is -2.48. The van der Waals surface area contributed by atoms with Crippen molar-refractivity contribution in [1.82, 2.24) is 9.13 Å². The number of amides is 2. The van der Waals surface area contributed by atoms with Crippen LogP contribution in [0.2, 0.25) is 0 Å². The predicted molar refractivity (Wildman–Crippen MR) is 201 cm³/mol. The number of aromatic nitrogens is 2. The molecule has 0 radical (unpaired) electrons. The number of methoxy groups -OCH3 is 1. The van der Waals surface area contributed by atoms with Crippen molar-refractivity contribution < 1.29 is 14.3 Å². The number of rotatable bonds is 11. The average molecular weight is 705 g/mol. The molecule has 0 spiro atoms. The van der Waals surface area contributed by atoms with E-state index in [9.17, 15) is 19.2 Å². The van der Waals surface area contributed by atoms with Gasteiger partial charge in [-0.1, -0.05) is 24.3 Å². The second-order valence-corrected chi connectivity index (χ2v) is 17.8. The zero-order chi connectivity index (χ0) is 35.6. The fourth-order valence-corrected chi connectivity index (χ4v) is 12.7. The van der Waals surface area contributed by atoms with Crippen LogP contribution in [0.3, 0.4) is 0 Å². The molecule has 8 fully saturated rings. The molecule has 2 aromatic carbocycles. The molecule has 2 amide bonds. The fraction of sp³-hybridized carbons (Fsp3) is 0.581. The number of carbonyl (C=O) groups is 2. The minimum atomic E-state index is -0.597. The lowest BCUT2D eigenvalue weighted by Gasteiger charge is -2.57. The summed E-state index contributed by atoms with van der Waals surface area (Å²) in [7, 11) is 1.37. The number of nitrogens with zero attached hydrogens (tertiary/aromatic N) is 2. The summed E-state index contributed by atoms with van der Waals surface area (Å²) in [6, 6.07) is 16.7. The van der Waals surface area contributed by atoms with Crippen LogP contribution in [0.5, 0.6) is 5.75 Å². The van der Waals surface area contributed by atoms with Crippen molar-refractivity contribution in [2.45, 2.75) is 114 Å². The number of benzene rings is 2. The van der Waals surface area contributed by atoms with Gasteiger partial charge in [0.2, 0.25) is 17.6 Å². The van der Waals surface area contributed by atoms with Crippen molar-refractivity contribution in [3.63, 3.8) is 0 Å². The standard InChI is InChI=1S/C43H52N4O5/c1-52-37-26-46(12-10-38(48)44-35-6-2-33(3-7-35)42-20-27-14-28(21-42)16-29(15-27)22-42)41(51)47(40(37)50)13-11-39(49)45-36-8-4-34(5-9-36)43-23-30-17-31(24-43)19-32(18-30)25-43/h2-9,26-32H,10-25H2,1H3,(H,44,48)(H,45,49). The summed E-state index contributed by atoms with van der Waals surface area (Å²) in [5.74, 6) is 4.70. The van der Waals surface area contributed by atoms with Crippen LogP contribution in [0.15, 0.2) is 64.3 Å². The van der Waals surface area contributed by atoms with Crippen LogP contribution in [0, 0.1) is 35.5 Å². The monoisotopic (exact) mass is 704 g/mol. The van der Waals surface area contributed by atoms with Gasteiger partial charge in [-0.2, -0.15) is 0 Å². The second kappa shape index (κ2) is 13.1. The van der Waals surface area contributed by atoms with E-state index in [0.29, 0.717) is 16.5 Å². The van der Waals surface area contributed by atoms with E-state index in [-0.39, 0.29) is 43.5 Å². The first-order valence-electron chi connectivity index (χ1n) is 19.8. The molecule has 0 unspecified atom stereocenters. The van der Waals surface area contributed by atoms with Crippen molar-refractivity contribution >= 4 is 23.2 Å². The lowest BCUT2D eigenvalue weighted by molar-refractivity contribution is -0.117. The van der Waals surface area contributed by atoms with Gasteiger partial charge >= 0.3 is 5.69 Å². The molecule has 0 saturated heterocycles. The maximum absolute atomic E-state index is 13.4. The number of anilines is 2. The molecule has 0 aliphatic heterocycles. The van der Waals surface area contributed by atoms with Crippen molar-refractivity contribution in [3.05, 3.63) is 86.7 Å². The molecule has 274 valence electrons. The Morgan fingerprint density at radius 3 is 1.40 bits per heavy atom. The maximum atomic E-state index is 13.4. The molecule has 52 heavy (non-hydrogen) atoms. The molecule has 1 aromatic heterocycles. The Morgan fingerprint density at radius 2 is 1.02 bits per heavy atom. The fourth-order valence-electron chi connectivity index (χ4n) is 12.7. The largest absolute Gasteiger partial charge is 0.490 e. The molecule has 9 heteroatoms. The summed E-state index contributed by atoms with van der Waals surface area (Å²) in [5.41, 5.74) is 3.68. The molecule has 8 saturated carbocycles. The van der Waals surface area contributed by atoms with Crippen LogP contribution in [-0.2, 0) is 33.5 Å². The van der Waals surface area contributed by atoms with Gasteiger partial charge in [0, 0.05) is 37.3 Å². The molecule has 3 aromatic rings. The Morgan fingerprint density at radius 1 is 0.635 bits per heavy atom. The van der Waals surface area contributed by atoms with E-state index >= 15 is 0 Å². The zero-order valence-corrected chi connectivity index (χ0v) is 30.4. The molecule has 8 aliphatic rings. The van der Waals surface area contributed by atoms with Crippen molar-refractivity contribution in [1.29, 1.82) is 0 Å². The third-order valence-electron chi connectivity index (χ3n) is 14.2. The van der Waals surface area contributed by atoms with E-state index in [1.54, 1.807) is 0 Å². The SMILES string of the molecule is COc1cn(CCC(=O)Nc2ccc(C34CC5CC(CC(C5)C3)C4)cc2)c(=O)n(CCC(=O)Nc2ccc(C34CC5CC(CC(C5)C3)C4)cc2)c1=O. The molecule has 9 nitrogen and oxygen atoms in total. The van der Waals surface area contributed by atoms with Crippen LogP contribution in [0.1, 0.15) is 101 Å². The topological polar surface area (TPSA) is 111 Å². The number of ether oxygens (including phenoxy) is 1. The molecule has 11 rings (SSSR count). The van der Waals surface area contributed by atoms with E-state index in [0.717, 1.165) is 45.8 Å². The molecule has 8 bridgehead atoms. The first kappa shape index (κ1) is 33.7. The Kier molecular flexibility index (Phi) is 8.46. The van der Waals surface area contributed by atoms with Gasteiger partial charge in [-0.05, 0) is 159 Å². The van der Waals surface area contributed by atoms with E-state index in [1.807, 2.05) is 24.3 Å². The van der Waals surface area contributed by atoms with Crippen molar-refractivity contribution in [2.24, 2.45) is 35.5 Å². The third-order valence-corrected chi connectivity index (χ3v) is 14.2. The van der Waals surface area contributed by atoms with Gasteiger partial charge in [-0.3, -0.25) is 23.5 Å². The van der Waals surface area contributed by atoms with Crippen LogP contribution in [0.4, 0.5) is 11.4 Å². The molecule has 1 heterocycles. The first-order valence-corrected chi connectivity index (χ1v) is 19.8. The summed E-state index contributed by atoms with van der Waals surface area (Å²) in [5, 5.41) is 5.93. The molecule has 0 atom stereocenters. The number of carbonyl (C=O) groups excluding carboxylic acids is 2. The lowest BCUT2D eigenvalue weighted by atomic mass is 9.48. The van der Waals surface area contributed by atoms with Gasteiger partial charge in [0.15, 0.2) is 0 Å². The molecule has 8 aliphatic carbocycles. The summed E-state index contributed by atoms with van der Waals surface area (Å²) in [4.78, 5) is 52.5. The Hall–Kier alpha value is -4.14. The predicted octanol–water partition coefficient (Wildman–Crippen LogP) is 7.01. The van der Waals surface area contributed by atoms with Gasteiger partial charge in [0.05, 0.1) is 13.3 Å². The smallest absolute Gasteiger partial charge is 0.331 e. The summed E-state index contributed by atoms with van der Waals surface area (Å²) in [6.45, 7) is -0.0384. The van der Waals surface area contributed by atoms with Gasteiger partial charge in [0.1, 0.15) is 0 Å². The number of aryl methyl sites for hydroxylation is 1. The van der Waals surface area contributed by atoms with E-state index in [1.165, 1.54) is 106 Å². The highest BCUT2D eigenvalue weighted by Crippen LogP contribution is 2.62. The third kappa shape index (κ3) is 6.21. The molecular formula is C43H52N4O5. The number of hydrogen-bond acceptors (Lipinski definition) is 5. The summed E-state index contributed by atoms with van der Waals surface area (Å²) in [6.07, 6.45) is 17.5. The minimum Gasteiger partial charge on any atom is -0.490 e. The normalized spacial score (nSPS) is 32.2. The van der Waals surface area contributed by atoms with Crippen LogP contribution >= 0.6 is 0 Å². The quantitative estimate of drug-likeness (QED) is 0.223. The Balaban J connectivity index is 0.803. The highest BCUT2D eigenvalue weighted by Gasteiger charge is 2.52. The van der Waals surface area contributed by atoms with Gasteiger partial charge in [0.25, 0.3) is 5.56 Å². The average Bonchev–Trinajstić information content (AvgIpc) is 3.11. The summed E-state index contributed by atoms with van der Waals surface area (Å²) >= 11 is 0. The highest BCUT2D eigenvalue weighted by molar-refractivity contribution is 5.91. The Labute approximate surface area is 305 Å². The van der Waals surface area contributed by atoms with Gasteiger partial charge in [-0.25, -0.2) is 4.79 Å². The Bertz CT molecular complexity index is 1910. The minimum absolute atomic E-state index is 0.0130. The highest BCUT2D eigenvalue weighted by atomic mass is 16.5. The first-order chi connectivity index (χ1) is 25.2. The number of hydrogen-bond donors (Lipinski definition) is 2. The van der Waals surface area contributed by atoms with Crippen LogP contribution in [-0.4, -0.2) is 28.1 Å². The maximum Gasteiger partial charge on any atom is 0.331 e. The van der Waals surface area contributed by atoms with Gasteiger partial charge < -0.3 is 15.4 Å². The van der Waals surface area contributed by atoms with E-state index < -0.39 is 11.2 Å². The second-order valence-electron chi connectivity index (χ2n) is 17.8. The van der Waals surface area contributed by atoms with Gasteiger partial charge in [-0.15, -0.1) is 0 Å². The van der Waals surface area contributed by atoms with Crippen LogP contribution in [0.25, 0.3) is 0 Å². The van der Waals surface area contributed by atoms with Crippen LogP contribution < -0.4 is 26.6 Å². The van der Waals surface area contributed by atoms with E-state index in [4.69, 9.17) is 4.74 Å². The van der Waals surface area contributed by atoms with Crippen molar-refractivity contribution in [3.8, 4) is 5.75 Å². The summed E-state index contributed by atoms with van der Waals surface area (Å²) < 4.78 is 7.63. The molecular weight excluding hydrogens is 652 g/mol. The zero-order valence-electron chi connectivity index (χ0n) is 30.4. The van der Waals surface area contributed by atoms with E-state index in [2.05, 4.69) is 34.9 Å². The number of nitrogens with one attached hydrogen (secondary N) is 2. The van der Waals surface area contributed by atoms with Crippen molar-refractivity contribution in [2.75, 3.05) is 17.7 Å².